The Bertz CT molecular complexity index is 490. The number of aliphatic hydroxyl groups excluding tert-OH is 1. The van der Waals surface area contributed by atoms with Gasteiger partial charge in [-0.15, -0.1) is 0 Å². The second kappa shape index (κ2) is 4.60. The first-order valence-corrected chi connectivity index (χ1v) is 5.66. The predicted octanol–water partition coefficient (Wildman–Crippen LogP) is 0.0858. The Kier molecular flexibility index (Phi) is 3.63. The molecule has 0 saturated heterocycles. The first kappa shape index (κ1) is 12.6. The van der Waals surface area contributed by atoms with Crippen LogP contribution in [-0.2, 0) is 14.9 Å². The maximum Gasteiger partial charge on any atom is 0.340 e. The topological polar surface area (TPSA) is 104 Å². The van der Waals surface area contributed by atoms with Gasteiger partial charge in [-0.3, -0.25) is 0 Å². The van der Waals surface area contributed by atoms with Crippen molar-refractivity contribution in [2.45, 2.75) is 18.1 Å². The highest BCUT2D eigenvalue weighted by molar-refractivity contribution is 7.85. The lowest BCUT2D eigenvalue weighted by Crippen LogP contribution is -2.14. The van der Waals surface area contributed by atoms with Gasteiger partial charge >= 0.3 is 5.97 Å². The number of ether oxygens (including phenoxy) is 1. The fourth-order valence-electron chi connectivity index (χ4n) is 1.00. The number of aliphatic hydroxyl groups is 1. The summed E-state index contributed by atoms with van der Waals surface area (Å²) in [5.41, 5.74) is -0.113. The summed E-state index contributed by atoms with van der Waals surface area (Å²) in [4.78, 5) is 10.7. The summed E-state index contributed by atoms with van der Waals surface area (Å²) in [5.74, 6) is -0.902. The van der Waals surface area contributed by atoms with Gasteiger partial charge in [-0.2, -0.15) is 0 Å². The van der Waals surface area contributed by atoms with Crippen molar-refractivity contribution >= 4 is 16.1 Å². The van der Waals surface area contributed by atoms with Crippen LogP contribution in [0.3, 0.4) is 0 Å². The van der Waals surface area contributed by atoms with Gasteiger partial charge in [0.1, 0.15) is 10.1 Å². The van der Waals surface area contributed by atoms with E-state index in [0.29, 0.717) is 0 Å². The molecule has 1 atom stereocenters. The first-order valence-electron chi connectivity index (χ1n) is 4.25. The standard InChI is InChI=1S/C9H10O6S/c1-6(10)15-9(11)7-3-2-4-8(5-7)16(12,13)14/h2-6,10H,1H3,(H,12,13,14)/p-1. The van der Waals surface area contributed by atoms with Crippen LogP contribution in [0, 0.1) is 0 Å². The van der Waals surface area contributed by atoms with Crippen LogP contribution in [0.15, 0.2) is 29.2 Å². The SMILES string of the molecule is CC(O)OC(=O)c1cccc(S(=O)(=O)[O-])c1. The van der Waals surface area contributed by atoms with E-state index in [-0.39, 0.29) is 5.56 Å². The van der Waals surface area contributed by atoms with Gasteiger partial charge in [0, 0.05) is 0 Å². The Hall–Kier alpha value is -1.44. The summed E-state index contributed by atoms with van der Waals surface area (Å²) in [6.07, 6.45) is -1.31. The molecule has 0 aliphatic heterocycles. The molecule has 0 bridgehead atoms. The number of benzene rings is 1. The third-order valence-electron chi connectivity index (χ3n) is 1.64. The Balaban J connectivity index is 3.04. The summed E-state index contributed by atoms with van der Waals surface area (Å²) in [6, 6.07) is 4.48. The Morgan fingerprint density at radius 2 is 2.12 bits per heavy atom. The Labute approximate surface area is 92.2 Å². The summed E-state index contributed by atoms with van der Waals surface area (Å²) < 4.78 is 36.4. The largest absolute Gasteiger partial charge is 0.744 e. The molecule has 16 heavy (non-hydrogen) atoms. The lowest BCUT2D eigenvalue weighted by atomic mass is 10.2. The zero-order chi connectivity index (χ0) is 12.3. The monoisotopic (exact) mass is 245 g/mol. The lowest BCUT2D eigenvalue weighted by Gasteiger charge is -2.09. The van der Waals surface area contributed by atoms with Crippen molar-refractivity contribution in [3.63, 3.8) is 0 Å². The van der Waals surface area contributed by atoms with Crippen molar-refractivity contribution in [1.29, 1.82) is 0 Å². The zero-order valence-electron chi connectivity index (χ0n) is 8.28. The van der Waals surface area contributed by atoms with Crippen LogP contribution in [-0.4, -0.2) is 30.3 Å². The van der Waals surface area contributed by atoms with Gasteiger partial charge in [0.25, 0.3) is 0 Å². The van der Waals surface area contributed by atoms with E-state index in [1.165, 1.54) is 19.1 Å². The van der Waals surface area contributed by atoms with Crippen LogP contribution < -0.4 is 0 Å². The van der Waals surface area contributed by atoms with Crippen molar-refractivity contribution in [3.05, 3.63) is 29.8 Å². The normalized spacial score (nSPS) is 13.2. The number of hydrogen-bond donors (Lipinski definition) is 1. The second-order valence-electron chi connectivity index (χ2n) is 2.99. The summed E-state index contributed by atoms with van der Waals surface area (Å²) in [6.45, 7) is 1.23. The van der Waals surface area contributed by atoms with Crippen molar-refractivity contribution in [3.8, 4) is 0 Å². The quantitative estimate of drug-likeness (QED) is 0.459. The van der Waals surface area contributed by atoms with Crippen LogP contribution in [0.1, 0.15) is 17.3 Å². The van der Waals surface area contributed by atoms with E-state index < -0.39 is 27.3 Å². The average molecular weight is 245 g/mol. The number of esters is 1. The minimum atomic E-state index is -4.61. The minimum absolute atomic E-state index is 0.113. The molecule has 1 unspecified atom stereocenters. The van der Waals surface area contributed by atoms with E-state index in [0.717, 1.165) is 12.1 Å². The van der Waals surface area contributed by atoms with Crippen LogP contribution in [0.2, 0.25) is 0 Å². The fourth-order valence-corrected chi connectivity index (χ4v) is 1.52. The van der Waals surface area contributed by atoms with E-state index in [1.807, 2.05) is 0 Å². The molecule has 0 aliphatic rings. The molecule has 0 aromatic heterocycles. The molecule has 88 valence electrons. The smallest absolute Gasteiger partial charge is 0.340 e. The Morgan fingerprint density at radius 3 is 2.62 bits per heavy atom. The van der Waals surface area contributed by atoms with E-state index in [4.69, 9.17) is 5.11 Å². The third-order valence-corrected chi connectivity index (χ3v) is 2.47. The molecule has 0 spiro atoms. The van der Waals surface area contributed by atoms with Crippen molar-refractivity contribution in [2.24, 2.45) is 0 Å². The molecule has 1 N–H and O–H groups in total. The van der Waals surface area contributed by atoms with Gasteiger partial charge in [-0.25, -0.2) is 13.2 Å². The highest BCUT2D eigenvalue weighted by atomic mass is 32.2. The molecule has 0 aliphatic carbocycles. The van der Waals surface area contributed by atoms with E-state index in [2.05, 4.69) is 4.74 Å². The molecule has 1 aromatic carbocycles. The molecule has 1 rings (SSSR count). The molecule has 0 heterocycles. The van der Waals surface area contributed by atoms with E-state index in [9.17, 15) is 17.8 Å². The molecular weight excluding hydrogens is 236 g/mol. The highest BCUT2D eigenvalue weighted by Gasteiger charge is 2.11. The molecule has 0 fully saturated rings. The Morgan fingerprint density at radius 1 is 1.50 bits per heavy atom. The van der Waals surface area contributed by atoms with Crippen LogP contribution in [0.25, 0.3) is 0 Å². The number of rotatable bonds is 3. The van der Waals surface area contributed by atoms with Gasteiger partial charge < -0.3 is 14.4 Å². The maximum absolute atomic E-state index is 11.3. The molecule has 6 nitrogen and oxygen atoms in total. The summed E-state index contributed by atoms with van der Waals surface area (Å²) >= 11 is 0. The van der Waals surface area contributed by atoms with Gasteiger partial charge in [-0.05, 0) is 25.1 Å². The summed E-state index contributed by atoms with van der Waals surface area (Å²) in [5, 5.41) is 8.79. The van der Waals surface area contributed by atoms with Crippen molar-refractivity contribution in [1.82, 2.24) is 0 Å². The second-order valence-corrected chi connectivity index (χ2v) is 4.37. The van der Waals surface area contributed by atoms with E-state index >= 15 is 0 Å². The minimum Gasteiger partial charge on any atom is -0.744 e. The van der Waals surface area contributed by atoms with Gasteiger partial charge in [-0.1, -0.05) is 6.07 Å². The van der Waals surface area contributed by atoms with Gasteiger partial charge in [0.2, 0.25) is 0 Å². The fraction of sp³-hybridized carbons (Fsp3) is 0.222. The van der Waals surface area contributed by atoms with E-state index in [1.54, 1.807) is 0 Å². The zero-order valence-corrected chi connectivity index (χ0v) is 9.10. The van der Waals surface area contributed by atoms with Crippen LogP contribution in [0.4, 0.5) is 0 Å². The van der Waals surface area contributed by atoms with Gasteiger partial charge in [0.05, 0.1) is 10.5 Å². The van der Waals surface area contributed by atoms with Crippen LogP contribution >= 0.6 is 0 Å². The molecule has 1 aromatic rings. The molecular formula is C9H9O6S-. The summed E-state index contributed by atoms with van der Waals surface area (Å²) in [7, 11) is -4.61. The third kappa shape index (κ3) is 3.30. The molecule has 0 radical (unpaired) electrons. The predicted molar refractivity (Wildman–Crippen MR) is 51.5 cm³/mol. The average Bonchev–Trinajstić information content (AvgIpc) is 2.15. The molecule has 7 heteroatoms. The molecule has 0 amide bonds. The number of hydrogen-bond acceptors (Lipinski definition) is 6. The maximum atomic E-state index is 11.3. The van der Waals surface area contributed by atoms with Crippen LogP contribution in [0.5, 0.6) is 0 Å². The molecule has 0 saturated carbocycles. The van der Waals surface area contributed by atoms with Crippen molar-refractivity contribution < 1.29 is 27.6 Å². The number of carbonyl (C=O) groups is 1. The van der Waals surface area contributed by atoms with Gasteiger partial charge in [0.15, 0.2) is 6.29 Å². The lowest BCUT2D eigenvalue weighted by molar-refractivity contribution is -0.0523. The number of carbonyl (C=O) groups excluding carboxylic acids is 1. The highest BCUT2D eigenvalue weighted by Crippen LogP contribution is 2.12. The first-order chi connectivity index (χ1) is 7.30. The van der Waals surface area contributed by atoms with Crippen molar-refractivity contribution in [2.75, 3.05) is 0 Å².